The molecule has 1 saturated carbocycles. The lowest BCUT2D eigenvalue weighted by Gasteiger charge is -2.43. The third kappa shape index (κ3) is 4.96. The maximum atomic E-state index is 11.2. The van der Waals surface area contributed by atoms with Gasteiger partial charge in [0.05, 0.1) is 13.5 Å². The third-order valence-corrected chi connectivity index (χ3v) is 6.43. The molecule has 118 valence electrons. The van der Waals surface area contributed by atoms with Gasteiger partial charge in [-0.15, -0.1) is 0 Å². The lowest BCUT2D eigenvalue weighted by atomic mass is 9.68. The minimum atomic E-state index is -0.0974. The molecule has 0 bridgehead atoms. The van der Waals surface area contributed by atoms with Gasteiger partial charge in [0.15, 0.2) is 0 Å². The predicted molar refractivity (Wildman–Crippen MR) is 87.1 cm³/mol. The molecule has 0 spiro atoms. The van der Waals surface area contributed by atoms with Gasteiger partial charge >= 0.3 is 5.97 Å². The Hall–Kier alpha value is -0.220. The fourth-order valence-electron chi connectivity index (χ4n) is 3.04. The lowest BCUT2D eigenvalue weighted by Crippen LogP contribution is -2.44. The van der Waals surface area contributed by atoms with E-state index in [1.807, 2.05) is 11.8 Å². The van der Waals surface area contributed by atoms with Crippen LogP contribution in [-0.4, -0.2) is 37.2 Å². The predicted octanol–water partition coefficient (Wildman–Crippen LogP) is 3.48. The summed E-state index contributed by atoms with van der Waals surface area (Å²) >= 11 is 1.94. The van der Waals surface area contributed by atoms with Crippen molar-refractivity contribution in [3.8, 4) is 0 Å². The van der Waals surface area contributed by atoms with Crippen molar-refractivity contribution >= 4 is 17.7 Å². The number of rotatable bonds is 7. The number of hydrogen-bond acceptors (Lipinski definition) is 4. The highest BCUT2D eigenvalue weighted by atomic mass is 32.2. The van der Waals surface area contributed by atoms with Crippen LogP contribution in [0.3, 0.4) is 0 Å². The summed E-state index contributed by atoms with van der Waals surface area (Å²) in [6.45, 7) is 7.09. The quantitative estimate of drug-likeness (QED) is 0.731. The second-order valence-corrected chi connectivity index (χ2v) is 7.83. The van der Waals surface area contributed by atoms with Crippen LogP contribution in [0.15, 0.2) is 0 Å². The summed E-state index contributed by atoms with van der Waals surface area (Å²) in [5.41, 5.74) is 0.430. The number of carbonyl (C=O) groups excluding carboxylic acids is 1. The Labute approximate surface area is 128 Å². The molecule has 20 heavy (non-hydrogen) atoms. The summed E-state index contributed by atoms with van der Waals surface area (Å²) in [7, 11) is 3.52. The smallest absolute Gasteiger partial charge is 0.306 e. The standard InChI is InChI=1S/C16H31NO2S/c1-6-16(2,3)12-7-8-13(17-4)14(11-12)20-10-9-15(18)19-5/h12-14,17H,6-11H2,1-5H3. The van der Waals surface area contributed by atoms with Crippen molar-refractivity contribution in [2.45, 2.75) is 64.2 Å². The average Bonchev–Trinajstić information content (AvgIpc) is 2.46. The number of thioether (sulfide) groups is 1. The van der Waals surface area contributed by atoms with E-state index in [-0.39, 0.29) is 5.97 Å². The molecule has 0 amide bonds. The van der Waals surface area contributed by atoms with Crippen LogP contribution in [0.2, 0.25) is 0 Å². The van der Waals surface area contributed by atoms with E-state index < -0.39 is 0 Å². The second-order valence-electron chi connectivity index (χ2n) is 6.48. The van der Waals surface area contributed by atoms with Crippen LogP contribution in [0.4, 0.5) is 0 Å². The molecule has 3 unspecified atom stereocenters. The summed E-state index contributed by atoms with van der Waals surface area (Å²) in [4.78, 5) is 11.2. The highest BCUT2D eigenvalue weighted by Gasteiger charge is 2.36. The molecule has 0 aromatic heterocycles. The van der Waals surface area contributed by atoms with E-state index in [0.717, 1.165) is 11.7 Å². The van der Waals surface area contributed by atoms with Crippen LogP contribution in [-0.2, 0) is 9.53 Å². The molecule has 0 aromatic carbocycles. The molecule has 3 atom stereocenters. The Morgan fingerprint density at radius 3 is 2.65 bits per heavy atom. The topological polar surface area (TPSA) is 38.3 Å². The van der Waals surface area contributed by atoms with Gasteiger partial charge in [0.2, 0.25) is 0 Å². The molecule has 0 radical (unpaired) electrons. The van der Waals surface area contributed by atoms with E-state index in [1.165, 1.54) is 32.8 Å². The van der Waals surface area contributed by atoms with E-state index in [2.05, 4.69) is 33.1 Å². The molecule has 4 heteroatoms. The number of nitrogens with one attached hydrogen (secondary N) is 1. The molecule has 0 aromatic rings. The van der Waals surface area contributed by atoms with Gasteiger partial charge in [-0.2, -0.15) is 11.8 Å². The fraction of sp³-hybridized carbons (Fsp3) is 0.938. The first-order chi connectivity index (χ1) is 9.44. The van der Waals surface area contributed by atoms with Crippen LogP contribution < -0.4 is 5.32 Å². The zero-order valence-corrected chi connectivity index (χ0v) is 14.5. The van der Waals surface area contributed by atoms with Crippen LogP contribution in [0, 0.1) is 11.3 Å². The van der Waals surface area contributed by atoms with E-state index >= 15 is 0 Å². The van der Waals surface area contributed by atoms with Crippen LogP contribution in [0.1, 0.15) is 52.9 Å². The molecule has 1 aliphatic carbocycles. The Balaban J connectivity index is 2.53. The van der Waals surface area contributed by atoms with Gasteiger partial charge in [0.1, 0.15) is 0 Å². The molecule has 0 heterocycles. The molecule has 1 aliphatic rings. The highest BCUT2D eigenvalue weighted by molar-refractivity contribution is 7.99. The van der Waals surface area contributed by atoms with Crippen molar-refractivity contribution in [3.05, 3.63) is 0 Å². The molecule has 1 rings (SSSR count). The van der Waals surface area contributed by atoms with Gasteiger partial charge in [0, 0.05) is 17.0 Å². The van der Waals surface area contributed by atoms with Gasteiger partial charge in [-0.05, 0) is 37.6 Å². The van der Waals surface area contributed by atoms with Crippen molar-refractivity contribution < 1.29 is 9.53 Å². The molecular formula is C16H31NO2S. The first kappa shape index (κ1) is 17.8. The Morgan fingerprint density at radius 1 is 1.40 bits per heavy atom. The van der Waals surface area contributed by atoms with E-state index in [9.17, 15) is 4.79 Å². The van der Waals surface area contributed by atoms with E-state index in [1.54, 1.807) is 0 Å². The zero-order valence-electron chi connectivity index (χ0n) is 13.7. The van der Waals surface area contributed by atoms with Crippen LogP contribution >= 0.6 is 11.8 Å². The van der Waals surface area contributed by atoms with Crippen LogP contribution in [0.5, 0.6) is 0 Å². The summed E-state index contributed by atoms with van der Waals surface area (Å²) in [5, 5.41) is 4.08. The summed E-state index contributed by atoms with van der Waals surface area (Å²) < 4.78 is 4.72. The first-order valence-electron chi connectivity index (χ1n) is 7.80. The minimum absolute atomic E-state index is 0.0974. The summed E-state index contributed by atoms with van der Waals surface area (Å²) in [6, 6.07) is 0.585. The molecule has 1 N–H and O–H groups in total. The zero-order chi connectivity index (χ0) is 15.2. The van der Waals surface area contributed by atoms with Crippen molar-refractivity contribution in [1.29, 1.82) is 0 Å². The number of carbonyl (C=O) groups is 1. The largest absolute Gasteiger partial charge is 0.469 e. The van der Waals surface area contributed by atoms with Gasteiger partial charge in [0.25, 0.3) is 0 Å². The van der Waals surface area contributed by atoms with Crippen LogP contribution in [0.25, 0.3) is 0 Å². The maximum absolute atomic E-state index is 11.2. The number of hydrogen-bond donors (Lipinski definition) is 1. The first-order valence-corrected chi connectivity index (χ1v) is 8.85. The fourth-order valence-corrected chi connectivity index (χ4v) is 4.50. The van der Waals surface area contributed by atoms with Crippen molar-refractivity contribution in [1.82, 2.24) is 5.32 Å². The van der Waals surface area contributed by atoms with Gasteiger partial charge in [-0.3, -0.25) is 4.79 Å². The summed E-state index contributed by atoms with van der Waals surface area (Å²) in [5.74, 6) is 1.57. The Bertz CT molecular complexity index is 307. The maximum Gasteiger partial charge on any atom is 0.306 e. The summed E-state index contributed by atoms with van der Waals surface area (Å²) in [6.07, 6.45) is 5.59. The monoisotopic (exact) mass is 301 g/mol. The van der Waals surface area contributed by atoms with Crippen molar-refractivity contribution in [2.75, 3.05) is 19.9 Å². The number of ether oxygens (including phenoxy) is 1. The highest BCUT2D eigenvalue weighted by Crippen LogP contribution is 2.43. The minimum Gasteiger partial charge on any atom is -0.469 e. The molecule has 0 saturated heterocycles. The Kier molecular flexibility index (Phi) is 7.38. The van der Waals surface area contributed by atoms with Gasteiger partial charge in [-0.1, -0.05) is 27.2 Å². The van der Waals surface area contributed by atoms with E-state index in [0.29, 0.717) is 23.1 Å². The SMILES string of the molecule is CCC(C)(C)C1CCC(NC)C(SCCC(=O)OC)C1. The molecule has 0 aliphatic heterocycles. The average molecular weight is 301 g/mol. The third-order valence-electron chi connectivity index (χ3n) is 5.04. The van der Waals surface area contributed by atoms with Crippen molar-refractivity contribution in [3.63, 3.8) is 0 Å². The van der Waals surface area contributed by atoms with E-state index in [4.69, 9.17) is 4.74 Å². The van der Waals surface area contributed by atoms with Gasteiger partial charge < -0.3 is 10.1 Å². The van der Waals surface area contributed by atoms with Crippen molar-refractivity contribution in [2.24, 2.45) is 11.3 Å². The Morgan fingerprint density at radius 2 is 2.10 bits per heavy atom. The molecular weight excluding hydrogens is 270 g/mol. The normalized spacial score (nSPS) is 27.4. The molecule has 1 fully saturated rings. The lowest BCUT2D eigenvalue weighted by molar-refractivity contribution is -0.140. The second kappa shape index (κ2) is 8.28. The van der Waals surface area contributed by atoms with Gasteiger partial charge in [-0.25, -0.2) is 0 Å². The number of methoxy groups -OCH3 is 1. The molecule has 3 nitrogen and oxygen atoms in total. The number of esters is 1.